The number of rotatable bonds is 5. The Morgan fingerprint density at radius 1 is 1.33 bits per heavy atom. The number of hydrogen-bond acceptors (Lipinski definition) is 5. The number of nitrogens with one attached hydrogen (secondary N) is 2. The van der Waals surface area contributed by atoms with Crippen molar-refractivity contribution in [2.75, 3.05) is 5.32 Å². The molecule has 33 heavy (non-hydrogen) atoms. The highest BCUT2D eigenvalue weighted by Gasteiger charge is 2.54. The highest BCUT2D eigenvalue weighted by molar-refractivity contribution is 7.15. The zero-order valence-electron chi connectivity index (χ0n) is 19.8. The van der Waals surface area contributed by atoms with E-state index in [9.17, 15) is 14.7 Å². The molecule has 0 spiro atoms. The summed E-state index contributed by atoms with van der Waals surface area (Å²) in [5.41, 5.74) is 1.54. The molecule has 0 saturated heterocycles. The van der Waals surface area contributed by atoms with Crippen LogP contribution in [0.2, 0.25) is 0 Å². The molecule has 3 aliphatic rings. The highest BCUT2D eigenvalue weighted by atomic mass is 32.1. The molecule has 2 fully saturated rings. The summed E-state index contributed by atoms with van der Waals surface area (Å²) in [7, 11) is 1.85. The monoisotopic (exact) mass is 470 g/mol. The van der Waals surface area contributed by atoms with Gasteiger partial charge in [0.05, 0.1) is 11.8 Å². The van der Waals surface area contributed by atoms with Gasteiger partial charge < -0.3 is 15.0 Å². The van der Waals surface area contributed by atoms with Crippen LogP contribution in [-0.4, -0.2) is 38.6 Å². The fraction of sp³-hybridized carbons (Fsp3) is 0.640. The Morgan fingerprint density at radius 2 is 2.09 bits per heavy atom. The molecule has 6 atom stereocenters. The Balaban J connectivity index is 1.35. The van der Waals surface area contributed by atoms with Crippen LogP contribution in [0.25, 0.3) is 0 Å². The molecule has 0 aliphatic heterocycles. The lowest BCUT2D eigenvalue weighted by molar-refractivity contribution is -0.134. The molecule has 0 radical (unpaired) electrons. The summed E-state index contributed by atoms with van der Waals surface area (Å²) < 4.78 is 1.79. The first-order chi connectivity index (χ1) is 15.7. The molecule has 2 amide bonds. The molecular formula is C25H34N4O3S. The summed E-state index contributed by atoms with van der Waals surface area (Å²) in [6.07, 6.45) is 6.12. The molecule has 178 valence electrons. The predicted octanol–water partition coefficient (Wildman–Crippen LogP) is 3.70. The number of aryl methyl sites for hydroxylation is 1. The van der Waals surface area contributed by atoms with E-state index in [1.807, 2.05) is 26.2 Å². The third kappa shape index (κ3) is 4.01. The zero-order valence-corrected chi connectivity index (χ0v) is 20.6. The Morgan fingerprint density at radius 3 is 2.76 bits per heavy atom. The van der Waals surface area contributed by atoms with Crippen molar-refractivity contribution < 1.29 is 14.7 Å². The number of anilines is 1. The van der Waals surface area contributed by atoms with Gasteiger partial charge in [0.1, 0.15) is 5.69 Å². The lowest BCUT2D eigenvalue weighted by Gasteiger charge is -2.53. The van der Waals surface area contributed by atoms with Gasteiger partial charge in [0, 0.05) is 36.0 Å². The lowest BCUT2D eigenvalue weighted by atomic mass is 9.53. The molecule has 0 unspecified atom stereocenters. The Labute approximate surface area is 199 Å². The third-order valence-corrected chi connectivity index (χ3v) is 9.29. The molecule has 2 aromatic heterocycles. The smallest absolute Gasteiger partial charge is 0.274 e. The van der Waals surface area contributed by atoms with Crippen molar-refractivity contribution in [3.05, 3.63) is 34.6 Å². The summed E-state index contributed by atoms with van der Waals surface area (Å²) in [6.45, 7) is 6.38. The molecule has 2 heterocycles. The molecule has 5 rings (SSSR count). The van der Waals surface area contributed by atoms with E-state index >= 15 is 0 Å². The van der Waals surface area contributed by atoms with Crippen LogP contribution in [0.3, 0.4) is 0 Å². The lowest BCUT2D eigenvalue weighted by Crippen LogP contribution is -2.53. The second kappa shape index (κ2) is 8.24. The van der Waals surface area contributed by atoms with Gasteiger partial charge in [-0.15, -0.1) is 11.3 Å². The maximum Gasteiger partial charge on any atom is 0.274 e. The van der Waals surface area contributed by atoms with E-state index in [4.69, 9.17) is 4.98 Å². The van der Waals surface area contributed by atoms with E-state index in [2.05, 4.69) is 24.5 Å². The molecule has 0 aromatic carbocycles. The van der Waals surface area contributed by atoms with E-state index < -0.39 is 6.10 Å². The summed E-state index contributed by atoms with van der Waals surface area (Å²) in [5, 5.41) is 18.2. The van der Waals surface area contributed by atoms with Crippen molar-refractivity contribution in [1.82, 2.24) is 14.9 Å². The number of carbonyl (C=O) groups excluding carboxylic acids is 2. The molecule has 2 aromatic rings. The molecule has 7 nitrogen and oxygen atoms in total. The second-order valence-corrected chi connectivity index (χ2v) is 11.8. The van der Waals surface area contributed by atoms with Crippen LogP contribution >= 0.6 is 11.3 Å². The number of hydrogen-bond donors (Lipinski definition) is 3. The zero-order chi connectivity index (χ0) is 23.5. The fourth-order valence-electron chi connectivity index (χ4n) is 6.21. The van der Waals surface area contributed by atoms with Gasteiger partial charge in [-0.05, 0) is 61.5 Å². The standard InChI is InChI=1S/C25H34N4O3S/c1-13(22(31)26-15-7-8-15)16-9-10-25(3)12-18-20(14(2)19(25)21(16)30)27-24(33-18)28-23(32)17-6-5-11-29(17)4/h5-6,11,13-16,19,21,30H,7-10,12H2,1-4H3,(H,26,31)(H,27,28,32)/t13-,14+,16-,19+,21-,25+/m0/s1. The summed E-state index contributed by atoms with van der Waals surface area (Å²) >= 11 is 1.55. The number of aliphatic hydroxyl groups is 1. The number of carbonyl (C=O) groups is 2. The van der Waals surface area contributed by atoms with Crippen molar-refractivity contribution >= 4 is 28.3 Å². The quantitative estimate of drug-likeness (QED) is 0.621. The van der Waals surface area contributed by atoms with E-state index in [-0.39, 0.29) is 40.9 Å². The first kappa shape index (κ1) is 22.6. The third-order valence-electron chi connectivity index (χ3n) is 8.30. The molecule has 3 N–H and O–H groups in total. The maximum absolute atomic E-state index is 12.7. The van der Waals surface area contributed by atoms with Crippen LogP contribution < -0.4 is 10.6 Å². The number of aliphatic hydroxyl groups excluding tert-OH is 1. The molecule has 8 heteroatoms. The van der Waals surface area contributed by atoms with Crippen molar-refractivity contribution in [2.24, 2.45) is 30.2 Å². The number of aromatic nitrogens is 2. The van der Waals surface area contributed by atoms with Gasteiger partial charge in [0.2, 0.25) is 5.91 Å². The molecular weight excluding hydrogens is 436 g/mol. The number of fused-ring (bicyclic) bond motifs is 2. The van der Waals surface area contributed by atoms with E-state index in [1.165, 1.54) is 4.88 Å². The van der Waals surface area contributed by atoms with Gasteiger partial charge >= 0.3 is 0 Å². The summed E-state index contributed by atoms with van der Waals surface area (Å²) in [6, 6.07) is 3.97. The van der Waals surface area contributed by atoms with Gasteiger partial charge in [0.15, 0.2) is 5.13 Å². The minimum atomic E-state index is -0.546. The first-order valence-corrected chi connectivity index (χ1v) is 12.9. The minimum absolute atomic E-state index is 0.0402. The van der Waals surface area contributed by atoms with Crippen LogP contribution in [0.4, 0.5) is 5.13 Å². The number of nitrogens with zero attached hydrogens (tertiary/aromatic N) is 2. The second-order valence-electron chi connectivity index (χ2n) is 10.7. The summed E-state index contributed by atoms with van der Waals surface area (Å²) in [4.78, 5) is 31.4. The average Bonchev–Trinajstić information content (AvgIpc) is 3.31. The van der Waals surface area contributed by atoms with Crippen LogP contribution in [0, 0.1) is 23.2 Å². The maximum atomic E-state index is 12.7. The van der Waals surface area contributed by atoms with Crippen LogP contribution in [0.5, 0.6) is 0 Å². The minimum Gasteiger partial charge on any atom is -0.392 e. The van der Waals surface area contributed by atoms with Crippen molar-refractivity contribution in [3.8, 4) is 0 Å². The largest absolute Gasteiger partial charge is 0.392 e. The Kier molecular flexibility index (Phi) is 5.64. The predicted molar refractivity (Wildman–Crippen MR) is 128 cm³/mol. The van der Waals surface area contributed by atoms with E-state index in [0.717, 1.165) is 37.8 Å². The molecule has 3 aliphatic carbocycles. The summed E-state index contributed by atoms with van der Waals surface area (Å²) in [5.74, 6) is -0.227. The fourth-order valence-corrected chi connectivity index (χ4v) is 7.47. The van der Waals surface area contributed by atoms with Crippen molar-refractivity contribution in [1.29, 1.82) is 0 Å². The van der Waals surface area contributed by atoms with Crippen LogP contribution in [-0.2, 0) is 18.3 Å². The van der Waals surface area contributed by atoms with Crippen LogP contribution in [0.15, 0.2) is 18.3 Å². The molecule has 2 saturated carbocycles. The van der Waals surface area contributed by atoms with E-state index in [1.54, 1.807) is 22.0 Å². The Hall–Kier alpha value is -2.19. The van der Waals surface area contributed by atoms with Gasteiger partial charge in [0.25, 0.3) is 5.91 Å². The first-order valence-electron chi connectivity index (χ1n) is 12.1. The number of thiazole rings is 1. The Bertz CT molecular complexity index is 1070. The van der Waals surface area contributed by atoms with Crippen molar-refractivity contribution in [2.45, 2.75) is 70.9 Å². The van der Waals surface area contributed by atoms with Gasteiger partial charge in [-0.25, -0.2) is 4.98 Å². The molecule has 0 bridgehead atoms. The normalized spacial score (nSPS) is 31.9. The van der Waals surface area contributed by atoms with Crippen LogP contribution in [0.1, 0.15) is 73.4 Å². The number of amides is 2. The average molecular weight is 471 g/mol. The van der Waals surface area contributed by atoms with Gasteiger partial charge in [-0.3, -0.25) is 14.9 Å². The SMILES string of the molecule is C[C@H](C(=O)NC1CC1)[C@@H]1CC[C@]2(C)Cc3sc(NC(=O)c4cccn4C)nc3[C@H](C)[C@@H]2[C@H]1O. The van der Waals surface area contributed by atoms with Crippen molar-refractivity contribution in [3.63, 3.8) is 0 Å². The van der Waals surface area contributed by atoms with Gasteiger partial charge in [-0.1, -0.05) is 20.8 Å². The van der Waals surface area contributed by atoms with E-state index in [0.29, 0.717) is 16.9 Å². The highest BCUT2D eigenvalue weighted by Crippen LogP contribution is 2.57. The topological polar surface area (TPSA) is 96.3 Å². The van der Waals surface area contributed by atoms with Gasteiger partial charge in [-0.2, -0.15) is 0 Å².